The summed E-state index contributed by atoms with van der Waals surface area (Å²) in [7, 11) is 0. The molecule has 0 spiro atoms. The summed E-state index contributed by atoms with van der Waals surface area (Å²) in [6.07, 6.45) is 10.3. The summed E-state index contributed by atoms with van der Waals surface area (Å²) in [6.45, 7) is 0. The second-order valence-corrected chi connectivity index (χ2v) is 4.62. The van der Waals surface area contributed by atoms with Crippen molar-refractivity contribution in [2.75, 3.05) is 0 Å². The van der Waals surface area contributed by atoms with Crippen molar-refractivity contribution >= 4 is 0 Å². The zero-order valence-corrected chi connectivity index (χ0v) is 12.4. The van der Waals surface area contributed by atoms with E-state index >= 15 is 0 Å². The van der Waals surface area contributed by atoms with Crippen LogP contribution in [0.3, 0.4) is 0 Å². The SMILES string of the molecule is [Br-].[Br-].[Zr+2][CH]1C=CC2=C1CCCC2. The van der Waals surface area contributed by atoms with Crippen molar-refractivity contribution in [3.8, 4) is 0 Å². The molecule has 3 heteroatoms. The van der Waals surface area contributed by atoms with Crippen LogP contribution in [0.5, 0.6) is 0 Å². The molecule has 12 heavy (non-hydrogen) atoms. The van der Waals surface area contributed by atoms with E-state index in [4.69, 9.17) is 0 Å². The van der Waals surface area contributed by atoms with Gasteiger partial charge in [-0.25, -0.2) is 0 Å². The van der Waals surface area contributed by atoms with Gasteiger partial charge in [0, 0.05) is 0 Å². The number of rotatable bonds is 0. The van der Waals surface area contributed by atoms with Crippen LogP contribution in [0, 0.1) is 0 Å². The zero-order valence-electron chi connectivity index (χ0n) is 6.82. The van der Waals surface area contributed by atoms with Crippen LogP contribution in [0.1, 0.15) is 25.7 Å². The molecule has 0 saturated heterocycles. The van der Waals surface area contributed by atoms with Gasteiger partial charge in [0.2, 0.25) is 0 Å². The molecule has 0 bridgehead atoms. The van der Waals surface area contributed by atoms with Gasteiger partial charge in [0.15, 0.2) is 0 Å². The first kappa shape index (κ1) is 13.3. The van der Waals surface area contributed by atoms with Gasteiger partial charge in [0.25, 0.3) is 0 Å². The van der Waals surface area contributed by atoms with Gasteiger partial charge in [0.05, 0.1) is 0 Å². The minimum absolute atomic E-state index is 0. The van der Waals surface area contributed by atoms with Gasteiger partial charge < -0.3 is 34.0 Å². The molecule has 0 fully saturated rings. The summed E-state index contributed by atoms with van der Waals surface area (Å²) in [5, 5.41) is 0. The van der Waals surface area contributed by atoms with Crippen LogP contribution in [0.15, 0.2) is 23.3 Å². The standard InChI is InChI=1S/C9H11.2BrH.Zr/c1-2-5-9-7-3-6-8(9)4-1;;;/h3,6-7H,1-2,4-5H2;2*1H;/q;;;+2/p-2. The monoisotopic (exact) mass is 367 g/mol. The van der Waals surface area contributed by atoms with Crippen molar-refractivity contribution in [1.82, 2.24) is 0 Å². The summed E-state index contributed by atoms with van der Waals surface area (Å²) in [5.74, 6) is 0. The summed E-state index contributed by atoms with van der Waals surface area (Å²) < 4.78 is 0.850. The van der Waals surface area contributed by atoms with Gasteiger partial charge >= 0.3 is 77.3 Å². The Morgan fingerprint density at radius 3 is 2.50 bits per heavy atom. The second-order valence-electron chi connectivity index (χ2n) is 3.09. The van der Waals surface area contributed by atoms with Crippen molar-refractivity contribution in [3.05, 3.63) is 23.3 Å². The van der Waals surface area contributed by atoms with Crippen LogP contribution in [-0.4, -0.2) is 0 Å². The van der Waals surface area contributed by atoms with Crippen LogP contribution in [0.4, 0.5) is 0 Å². The maximum atomic E-state index is 2.38. The quantitative estimate of drug-likeness (QED) is 0.421. The van der Waals surface area contributed by atoms with Gasteiger partial charge in [-0.3, -0.25) is 0 Å². The van der Waals surface area contributed by atoms with Crippen molar-refractivity contribution < 1.29 is 58.7 Å². The molecule has 1 atom stereocenters. The van der Waals surface area contributed by atoms with Crippen LogP contribution < -0.4 is 34.0 Å². The second kappa shape index (κ2) is 5.93. The van der Waals surface area contributed by atoms with Gasteiger partial charge in [-0.1, -0.05) is 0 Å². The Kier molecular flexibility index (Phi) is 6.58. The zero-order chi connectivity index (χ0) is 6.97. The van der Waals surface area contributed by atoms with Gasteiger partial charge in [-0.15, -0.1) is 0 Å². The van der Waals surface area contributed by atoms with Gasteiger partial charge in [-0.2, -0.15) is 0 Å². The van der Waals surface area contributed by atoms with E-state index in [0.717, 1.165) is 3.63 Å². The first-order valence-corrected chi connectivity index (χ1v) is 5.41. The molecule has 1 unspecified atom stereocenters. The third-order valence-corrected chi connectivity index (χ3v) is 3.75. The average Bonchev–Trinajstić information content (AvgIpc) is 2.34. The van der Waals surface area contributed by atoms with Gasteiger partial charge in [-0.05, 0) is 0 Å². The summed E-state index contributed by atoms with van der Waals surface area (Å²) in [4.78, 5) is 0. The third kappa shape index (κ3) is 2.65. The molecule has 0 N–H and O–H groups in total. The van der Waals surface area contributed by atoms with E-state index in [-0.39, 0.29) is 34.0 Å². The van der Waals surface area contributed by atoms with E-state index in [9.17, 15) is 0 Å². The molecule has 0 aromatic carbocycles. The maximum absolute atomic E-state index is 2.38. The topological polar surface area (TPSA) is 0 Å². The van der Waals surface area contributed by atoms with Crippen molar-refractivity contribution in [3.63, 3.8) is 0 Å². The molecule has 0 aliphatic heterocycles. The molecule has 0 heterocycles. The van der Waals surface area contributed by atoms with E-state index in [2.05, 4.69) is 12.2 Å². The molecule has 65 valence electrons. The molecule has 0 nitrogen and oxygen atoms in total. The first-order chi connectivity index (χ1) is 4.88. The Hall–Kier alpha value is 1.32. The fourth-order valence-electron chi connectivity index (χ4n) is 1.83. The molecule has 0 amide bonds. The molecule has 0 saturated carbocycles. The summed E-state index contributed by atoms with van der Waals surface area (Å²) in [6, 6.07) is 0. The average molecular weight is 370 g/mol. The molecule has 2 aliphatic carbocycles. The normalized spacial score (nSPS) is 26.0. The van der Waals surface area contributed by atoms with E-state index in [1.165, 1.54) is 25.7 Å². The summed E-state index contributed by atoms with van der Waals surface area (Å²) >= 11 is 1.67. The Morgan fingerprint density at radius 2 is 1.83 bits per heavy atom. The van der Waals surface area contributed by atoms with E-state index in [1.807, 2.05) is 0 Å². The van der Waals surface area contributed by atoms with Crippen molar-refractivity contribution in [2.24, 2.45) is 0 Å². The number of allylic oxidation sites excluding steroid dienone is 4. The van der Waals surface area contributed by atoms with Crippen LogP contribution in [-0.2, 0) is 24.7 Å². The van der Waals surface area contributed by atoms with E-state index < -0.39 is 0 Å². The third-order valence-electron chi connectivity index (χ3n) is 2.42. The molecular formula is C9H11Br2Zr. The molecule has 2 aliphatic rings. The van der Waals surface area contributed by atoms with Crippen LogP contribution >= 0.6 is 0 Å². The first-order valence-electron chi connectivity index (χ1n) is 3.99. The van der Waals surface area contributed by atoms with Crippen molar-refractivity contribution in [1.29, 1.82) is 0 Å². The fraction of sp³-hybridized carbons (Fsp3) is 0.556. The molecule has 0 radical (unpaired) electrons. The molecular weight excluding hydrogens is 359 g/mol. The van der Waals surface area contributed by atoms with Crippen LogP contribution in [0.2, 0.25) is 3.63 Å². The molecule has 0 aromatic heterocycles. The van der Waals surface area contributed by atoms with E-state index in [1.54, 1.807) is 35.9 Å². The number of hydrogen-bond acceptors (Lipinski definition) is 0. The summed E-state index contributed by atoms with van der Waals surface area (Å²) in [5.41, 5.74) is 3.44. The predicted octanol–water partition coefficient (Wildman–Crippen LogP) is -3.23. The molecule has 0 aromatic rings. The fourth-order valence-corrected chi connectivity index (χ4v) is 2.87. The Morgan fingerprint density at radius 1 is 1.17 bits per heavy atom. The Balaban J connectivity index is 0.000000605. The Bertz CT molecular complexity index is 209. The number of halogens is 2. The number of hydrogen-bond donors (Lipinski definition) is 0. The van der Waals surface area contributed by atoms with Crippen molar-refractivity contribution in [2.45, 2.75) is 29.3 Å². The van der Waals surface area contributed by atoms with Gasteiger partial charge in [0.1, 0.15) is 0 Å². The minimum atomic E-state index is 0. The molecule has 2 rings (SSSR count). The van der Waals surface area contributed by atoms with E-state index in [0.29, 0.717) is 0 Å². The van der Waals surface area contributed by atoms with Crippen LogP contribution in [0.25, 0.3) is 0 Å². The predicted molar refractivity (Wildman–Crippen MR) is 38.4 cm³/mol. The Labute approximate surface area is 110 Å².